The zero-order valence-corrected chi connectivity index (χ0v) is 18.3. The standard InChI is InChI=1S/C23H23NO6S/c1-15(2)30-20(25)13-24-22(26)19(31-23(24)27)12-17-10-7-11-18(28-3)21(17)29-14-16-8-5-4-6-9-16/h4-12,15H,13-14H2,1-3H3/b19-12-. The van der Waals surface area contributed by atoms with E-state index in [1.807, 2.05) is 30.3 Å². The van der Waals surface area contributed by atoms with Gasteiger partial charge >= 0.3 is 5.97 Å². The minimum absolute atomic E-state index is 0.195. The normalized spacial score (nSPS) is 15.0. The van der Waals surface area contributed by atoms with Crippen LogP contribution in [0, 0.1) is 0 Å². The average molecular weight is 442 g/mol. The summed E-state index contributed by atoms with van der Waals surface area (Å²) in [4.78, 5) is 38.0. The van der Waals surface area contributed by atoms with Gasteiger partial charge in [-0.1, -0.05) is 42.5 Å². The molecule has 7 nitrogen and oxygen atoms in total. The molecule has 3 rings (SSSR count). The number of rotatable bonds is 8. The van der Waals surface area contributed by atoms with E-state index >= 15 is 0 Å². The highest BCUT2D eigenvalue weighted by Gasteiger charge is 2.37. The molecule has 8 heteroatoms. The molecule has 31 heavy (non-hydrogen) atoms. The van der Waals surface area contributed by atoms with Crippen molar-refractivity contribution in [3.63, 3.8) is 0 Å². The molecule has 0 saturated carbocycles. The first-order chi connectivity index (χ1) is 14.9. The summed E-state index contributed by atoms with van der Waals surface area (Å²) in [7, 11) is 1.53. The number of ether oxygens (including phenoxy) is 3. The lowest BCUT2D eigenvalue weighted by Gasteiger charge is -2.14. The lowest BCUT2D eigenvalue weighted by molar-refractivity contribution is -0.149. The molecule has 0 aromatic heterocycles. The summed E-state index contributed by atoms with van der Waals surface area (Å²) >= 11 is 0.769. The highest BCUT2D eigenvalue weighted by atomic mass is 32.2. The van der Waals surface area contributed by atoms with Crippen LogP contribution in [0.3, 0.4) is 0 Å². The zero-order chi connectivity index (χ0) is 22.4. The van der Waals surface area contributed by atoms with Crippen LogP contribution in [0.1, 0.15) is 25.0 Å². The van der Waals surface area contributed by atoms with Crippen molar-refractivity contribution in [2.24, 2.45) is 0 Å². The molecule has 2 aromatic rings. The fourth-order valence-corrected chi connectivity index (χ4v) is 3.73. The van der Waals surface area contributed by atoms with E-state index in [0.717, 1.165) is 22.2 Å². The number of para-hydroxylation sites is 1. The summed E-state index contributed by atoms with van der Waals surface area (Å²) in [6.07, 6.45) is 1.24. The molecule has 1 fully saturated rings. The molecular weight excluding hydrogens is 418 g/mol. The summed E-state index contributed by atoms with van der Waals surface area (Å²) in [6.45, 7) is 3.29. The first-order valence-electron chi connectivity index (χ1n) is 9.67. The van der Waals surface area contributed by atoms with E-state index in [1.165, 1.54) is 7.11 Å². The molecule has 1 heterocycles. The Morgan fingerprint density at radius 2 is 1.84 bits per heavy atom. The predicted molar refractivity (Wildman–Crippen MR) is 118 cm³/mol. The van der Waals surface area contributed by atoms with Crippen LogP contribution < -0.4 is 9.47 Å². The average Bonchev–Trinajstić information content (AvgIpc) is 3.00. The van der Waals surface area contributed by atoms with Gasteiger partial charge in [0.05, 0.1) is 18.1 Å². The number of hydrogen-bond donors (Lipinski definition) is 0. The molecule has 0 aliphatic carbocycles. The molecule has 0 N–H and O–H groups in total. The van der Waals surface area contributed by atoms with Crippen LogP contribution in [0.15, 0.2) is 53.4 Å². The van der Waals surface area contributed by atoms with Gasteiger partial charge in [-0.3, -0.25) is 19.3 Å². The van der Waals surface area contributed by atoms with Crippen LogP contribution in [0.25, 0.3) is 6.08 Å². The second-order valence-electron chi connectivity index (χ2n) is 6.96. The number of hydrogen-bond acceptors (Lipinski definition) is 7. The molecule has 162 valence electrons. The number of benzene rings is 2. The lowest BCUT2D eigenvalue weighted by Crippen LogP contribution is -2.35. The minimum Gasteiger partial charge on any atom is -0.493 e. The molecule has 0 bridgehead atoms. The number of methoxy groups -OCH3 is 1. The highest BCUT2D eigenvalue weighted by molar-refractivity contribution is 8.18. The Bertz CT molecular complexity index is 1000. The summed E-state index contributed by atoms with van der Waals surface area (Å²) in [6, 6.07) is 14.9. The van der Waals surface area contributed by atoms with Gasteiger partial charge in [-0.15, -0.1) is 0 Å². The van der Waals surface area contributed by atoms with Crippen LogP contribution in [-0.4, -0.2) is 41.8 Å². The number of carbonyl (C=O) groups excluding carboxylic acids is 3. The molecule has 1 aliphatic rings. The maximum absolute atomic E-state index is 12.7. The largest absolute Gasteiger partial charge is 0.493 e. The monoisotopic (exact) mass is 441 g/mol. The minimum atomic E-state index is -0.633. The van der Waals surface area contributed by atoms with E-state index in [-0.39, 0.29) is 11.0 Å². The van der Waals surface area contributed by atoms with E-state index in [4.69, 9.17) is 14.2 Å². The maximum atomic E-state index is 12.7. The van der Waals surface area contributed by atoms with Crippen molar-refractivity contribution in [3.8, 4) is 11.5 Å². The second-order valence-corrected chi connectivity index (χ2v) is 7.95. The van der Waals surface area contributed by atoms with Crippen molar-refractivity contribution in [2.45, 2.75) is 26.6 Å². The van der Waals surface area contributed by atoms with Gasteiger partial charge in [0.15, 0.2) is 11.5 Å². The maximum Gasteiger partial charge on any atom is 0.326 e. The first kappa shape index (κ1) is 22.4. The topological polar surface area (TPSA) is 82.1 Å². The van der Waals surface area contributed by atoms with E-state index < -0.39 is 23.7 Å². The fourth-order valence-electron chi connectivity index (χ4n) is 2.90. The van der Waals surface area contributed by atoms with Gasteiger partial charge in [0.25, 0.3) is 11.1 Å². The van der Waals surface area contributed by atoms with Crippen molar-refractivity contribution in [1.82, 2.24) is 4.90 Å². The zero-order valence-electron chi connectivity index (χ0n) is 17.5. The molecule has 0 spiro atoms. The Morgan fingerprint density at radius 1 is 1.10 bits per heavy atom. The SMILES string of the molecule is COc1cccc(/C=C2\SC(=O)N(CC(=O)OC(C)C)C2=O)c1OCc1ccccc1. The smallest absolute Gasteiger partial charge is 0.326 e. The van der Waals surface area contributed by atoms with Crippen molar-refractivity contribution in [3.05, 3.63) is 64.6 Å². The number of thioether (sulfide) groups is 1. The molecule has 1 saturated heterocycles. The van der Waals surface area contributed by atoms with Crippen LogP contribution in [0.2, 0.25) is 0 Å². The summed E-state index contributed by atoms with van der Waals surface area (Å²) in [5.41, 5.74) is 1.56. The molecule has 1 aliphatic heterocycles. The first-order valence-corrected chi connectivity index (χ1v) is 10.5. The number of imide groups is 1. The van der Waals surface area contributed by atoms with E-state index in [1.54, 1.807) is 38.1 Å². The predicted octanol–water partition coefficient (Wildman–Crippen LogP) is 4.26. The third-order valence-electron chi connectivity index (χ3n) is 4.27. The Labute approximate surface area is 185 Å². The Kier molecular flexibility index (Phi) is 7.36. The number of esters is 1. The Hall–Kier alpha value is -3.26. The van der Waals surface area contributed by atoms with E-state index in [9.17, 15) is 14.4 Å². The number of amides is 2. The van der Waals surface area contributed by atoms with Gasteiger partial charge in [0, 0.05) is 5.56 Å². The van der Waals surface area contributed by atoms with Crippen molar-refractivity contribution in [1.29, 1.82) is 0 Å². The highest BCUT2D eigenvalue weighted by Crippen LogP contribution is 2.37. The van der Waals surface area contributed by atoms with Crippen LogP contribution in [0.4, 0.5) is 4.79 Å². The van der Waals surface area contributed by atoms with Crippen molar-refractivity contribution < 1.29 is 28.6 Å². The van der Waals surface area contributed by atoms with Crippen LogP contribution >= 0.6 is 11.8 Å². The van der Waals surface area contributed by atoms with Crippen LogP contribution in [-0.2, 0) is 20.9 Å². The summed E-state index contributed by atoms with van der Waals surface area (Å²) in [5.74, 6) is -0.219. The molecule has 0 radical (unpaired) electrons. The lowest BCUT2D eigenvalue weighted by atomic mass is 10.1. The molecule has 2 aromatic carbocycles. The van der Waals surface area contributed by atoms with Gasteiger partial charge in [-0.05, 0) is 43.3 Å². The molecular formula is C23H23NO6S. The third kappa shape index (κ3) is 5.67. The van der Waals surface area contributed by atoms with Gasteiger partial charge in [-0.2, -0.15) is 0 Å². The van der Waals surface area contributed by atoms with Crippen molar-refractivity contribution in [2.75, 3.05) is 13.7 Å². The van der Waals surface area contributed by atoms with E-state index in [2.05, 4.69) is 0 Å². The van der Waals surface area contributed by atoms with Gasteiger partial charge < -0.3 is 14.2 Å². The van der Waals surface area contributed by atoms with Gasteiger partial charge in [0.1, 0.15) is 13.2 Å². The second kappa shape index (κ2) is 10.2. The number of carbonyl (C=O) groups is 3. The van der Waals surface area contributed by atoms with E-state index in [0.29, 0.717) is 23.7 Å². The van der Waals surface area contributed by atoms with Gasteiger partial charge in [-0.25, -0.2) is 0 Å². The van der Waals surface area contributed by atoms with Crippen molar-refractivity contribution >= 4 is 35.0 Å². The molecule has 0 atom stereocenters. The quantitative estimate of drug-likeness (QED) is 0.447. The molecule has 0 unspecified atom stereocenters. The summed E-state index contributed by atoms with van der Waals surface area (Å²) < 4.78 is 16.4. The Balaban J connectivity index is 1.83. The fraction of sp³-hybridized carbons (Fsp3) is 0.261. The van der Waals surface area contributed by atoms with Gasteiger partial charge in [0.2, 0.25) is 0 Å². The third-order valence-corrected chi connectivity index (χ3v) is 5.18. The van der Waals surface area contributed by atoms with Crippen LogP contribution in [0.5, 0.6) is 11.5 Å². The summed E-state index contributed by atoms with van der Waals surface area (Å²) in [5, 5.41) is -0.522. The molecule has 2 amide bonds. The Morgan fingerprint density at radius 3 is 2.52 bits per heavy atom. The number of nitrogens with zero attached hydrogens (tertiary/aromatic N) is 1.